The molecule has 0 spiro atoms. The molecule has 5 nitrogen and oxygen atoms in total. The number of methoxy groups -OCH3 is 1. The van der Waals surface area contributed by atoms with Crippen molar-refractivity contribution in [1.82, 2.24) is 15.2 Å². The second kappa shape index (κ2) is 9.76. The third-order valence-electron chi connectivity index (χ3n) is 4.74. The number of ether oxygens (including phenoxy) is 1. The lowest BCUT2D eigenvalue weighted by molar-refractivity contribution is 0.311. The molecule has 0 saturated carbocycles. The van der Waals surface area contributed by atoms with Crippen LogP contribution in [0.2, 0.25) is 0 Å². The van der Waals surface area contributed by atoms with Gasteiger partial charge in [0.25, 0.3) is 0 Å². The van der Waals surface area contributed by atoms with Crippen molar-refractivity contribution in [2.45, 2.75) is 20.0 Å². The molecule has 0 radical (unpaired) electrons. The minimum Gasteiger partial charge on any atom is -0.496 e. The van der Waals surface area contributed by atoms with E-state index in [4.69, 9.17) is 4.74 Å². The van der Waals surface area contributed by atoms with Crippen molar-refractivity contribution in [3.8, 4) is 5.75 Å². The molecule has 1 aromatic heterocycles. The lowest BCUT2D eigenvalue weighted by Gasteiger charge is -2.34. The van der Waals surface area contributed by atoms with E-state index in [0.717, 1.165) is 50.8 Å². The van der Waals surface area contributed by atoms with Crippen LogP contribution in [0.15, 0.2) is 36.5 Å². The maximum absolute atomic E-state index is 5.47. The van der Waals surface area contributed by atoms with Crippen LogP contribution in [0.5, 0.6) is 5.75 Å². The number of pyridine rings is 1. The Bertz CT molecular complexity index is 702. The third-order valence-corrected chi connectivity index (χ3v) is 4.74. The minimum atomic E-state index is 0. The molecule has 6 heteroatoms. The van der Waals surface area contributed by atoms with Crippen LogP contribution in [0.4, 0.5) is 5.82 Å². The SMILES string of the molecule is COc1ccc(C)cc1CNCc1cccnc1N1CCN(C)CC1.Cl. The molecule has 0 atom stereocenters. The van der Waals surface area contributed by atoms with Crippen molar-refractivity contribution >= 4 is 18.2 Å². The van der Waals surface area contributed by atoms with Crippen LogP contribution in [-0.4, -0.2) is 50.2 Å². The van der Waals surface area contributed by atoms with Gasteiger partial charge in [-0.25, -0.2) is 4.98 Å². The highest BCUT2D eigenvalue weighted by Gasteiger charge is 2.17. The fraction of sp³-hybridized carbons (Fsp3) is 0.450. The molecule has 26 heavy (non-hydrogen) atoms. The zero-order valence-corrected chi connectivity index (χ0v) is 16.7. The first kappa shape index (κ1) is 20.5. The predicted octanol–water partition coefficient (Wildman–Crippen LogP) is 2.86. The van der Waals surface area contributed by atoms with Crippen LogP contribution in [0, 0.1) is 6.92 Å². The molecule has 1 aliphatic rings. The quantitative estimate of drug-likeness (QED) is 0.839. The van der Waals surface area contributed by atoms with Crippen molar-refractivity contribution in [3.05, 3.63) is 53.2 Å². The van der Waals surface area contributed by atoms with E-state index in [1.54, 1.807) is 7.11 Å². The van der Waals surface area contributed by atoms with Crippen LogP contribution in [0.25, 0.3) is 0 Å². The highest BCUT2D eigenvalue weighted by atomic mass is 35.5. The number of nitrogens with zero attached hydrogens (tertiary/aromatic N) is 3. The molecule has 3 rings (SSSR count). The van der Waals surface area contributed by atoms with Crippen molar-refractivity contribution in [2.24, 2.45) is 0 Å². The fourth-order valence-electron chi connectivity index (χ4n) is 3.25. The number of halogens is 1. The topological polar surface area (TPSA) is 40.6 Å². The average Bonchev–Trinajstić information content (AvgIpc) is 2.63. The van der Waals surface area contributed by atoms with Crippen LogP contribution in [0.3, 0.4) is 0 Å². The van der Waals surface area contributed by atoms with Gasteiger partial charge in [-0.05, 0) is 26.1 Å². The van der Waals surface area contributed by atoms with Crippen LogP contribution in [0.1, 0.15) is 16.7 Å². The van der Waals surface area contributed by atoms with Crippen LogP contribution in [-0.2, 0) is 13.1 Å². The number of benzene rings is 1. The molecule has 2 heterocycles. The molecule has 0 amide bonds. The summed E-state index contributed by atoms with van der Waals surface area (Å²) in [5.41, 5.74) is 3.68. The van der Waals surface area contributed by atoms with Gasteiger partial charge < -0.3 is 19.9 Å². The van der Waals surface area contributed by atoms with Gasteiger partial charge in [0.2, 0.25) is 0 Å². The summed E-state index contributed by atoms with van der Waals surface area (Å²) in [7, 11) is 3.90. The van der Waals surface area contributed by atoms with E-state index >= 15 is 0 Å². The number of aromatic nitrogens is 1. The van der Waals surface area contributed by atoms with E-state index < -0.39 is 0 Å². The molecular formula is C20H29ClN4O. The summed E-state index contributed by atoms with van der Waals surface area (Å²) < 4.78 is 5.47. The summed E-state index contributed by atoms with van der Waals surface area (Å²) in [5, 5.41) is 3.55. The molecule has 142 valence electrons. The number of rotatable bonds is 6. The lowest BCUT2D eigenvalue weighted by atomic mass is 10.1. The second-order valence-corrected chi connectivity index (χ2v) is 6.70. The van der Waals surface area contributed by atoms with Gasteiger partial charge in [0.15, 0.2) is 0 Å². The maximum Gasteiger partial charge on any atom is 0.133 e. The number of likely N-dealkylation sites (N-methyl/N-ethyl adjacent to an activating group) is 1. The highest BCUT2D eigenvalue weighted by molar-refractivity contribution is 5.85. The first-order chi connectivity index (χ1) is 12.2. The maximum atomic E-state index is 5.47. The van der Waals surface area contributed by atoms with E-state index in [1.807, 2.05) is 18.3 Å². The molecule has 1 aliphatic heterocycles. The van der Waals surface area contributed by atoms with E-state index in [0.29, 0.717) is 0 Å². The Hall–Kier alpha value is -1.82. The number of aryl methyl sites for hydroxylation is 1. The molecule has 0 aliphatic carbocycles. The molecule has 0 bridgehead atoms. The summed E-state index contributed by atoms with van der Waals surface area (Å²) in [6, 6.07) is 10.5. The van der Waals surface area contributed by atoms with E-state index in [9.17, 15) is 0 Å². The molecule has 1 N–H and O–H groups in total. The zero-order valence-electron chi connectivity index (χ0n) is 15.9. The first-order valence-electron chi connectivity index (χ1n) is 8.89. The molecule has 1 fully saturated rings. The minimum absolute atomic E-state index is 0. The van der Waals surface area contributed by atoms with Gasteiger partial charge in [0, 0.05) is 56.6 Å². The number of anilines is 1. The van der Waals surface area contributed by atoms with E-state index in [1.165, 1.54) is 16.7 Å². The molecule has 2 aromatic rings. The lowest BCUT2D eigenvalue weighted by Crippen LogP contribution is -2.45. The number of nitrogens with one attached hydrogen (secondary N) is 1. The number of hydrogen-bond donors (Lipinski definition) is 1. The normalized spacial score (nSPS) is 14.8. The van der Waals surface area contributed by atoms with Crippen LogP contribution < -0.4 is 15.0 Å². The summed E-state index contributed by atoms with van der Waals surface area (Å²) in [6.07, 6.45) is 1.89. The van der Waals surface area contributed by atoms with Gasteiger partial charge in [-0.15, -0.1) is 12.4 Å². The molecular weight excluding hydrogens is 348 g/mol. The van der Waals surface area contributed by atoms with Gasteiger partial charge in [0.1, 0.15) is 11.6 Å². The summed E-state index contributed by atoms with van der Waals surface area (Å²) >= 11 is 0. The first-order valence-corrected chi connectivity index (χ1v) is 8.89. The Morgan fingerprint density at radius 1 is 1.08 bits per heavy atom. The summed E-state index contributed by atoms with van der Waals surface area (Å²) in [5.74, 6) is 2.04. The fourth-order valence-corrected chi connectivity index (χ4v) is 3.25. The van der Waals surface area contributed by atoms with Crippen molar-refractivity contribution in [3.63, 3.8) is 0 Å². The third kappa shape index (κ3) is 5.10. The van der Waals surface area contributed by atoms with Crippen molar-refractivity contribution in [2.75, 3.05) is 45.2 Å². The average molecular weight is 377 g/mol. The Labute approximate surface area is 162 Å². The Balaban J connectivity index is 0.00000243. The number of hydrogen-bond acceptors (Lipinski definition) is 5. The van der Waals surface area contributed by atoms with Gasteiger partial charge in [0.05, 0.1) is 7.11 Å². The Morgan fingerprint density at radius 2 is 1.81 bits per heavy atom. The van der Waals surface area contributed by atoms with Crippen molar-refractivity contribution < 1.29 is 4.74 Å². The predicted molar refractivity (Wildman–Crippen MR) is 109 cm³/mol. The highest BCUT2D eigenvalue weighted by Crippen LogP contribution is 2.21. The van der Waals surface area contributed by atoms with Gasteiger partial charge in [-0.3, -0.25) is 0 Å². The smallest absolute Gasteiger partial charge is 0.133 e. The number of piperazine rings is 1. The van der Waals surface area contributed by atoms with E-state index in [2.05, 4.69) is 52.3 Å². The second-order valence-electron chi connectivity index (χ2n) is 6.70. The zero-order chi connectivity index (χ0) is 17.6. The molecule has 1 aromatic carbocycles. The Kier molecular flexibility index (Phi) is 7.69. The van der Waals surface area contributed by atoms with Crippen LogP contribution >= 0.6 is 12.4 Å². The van der Waals surface area contributed by atoms with Gasteiger partial charge in [-0.1, -0.05) is 23.8 Å². The van der Waals surface area contributed by atoms with Gasteiger partial charge in [-0.2, -0.15) is 0 Å². The summed E-state index contributed by atoms with van der Waals surface area (Å²) in [4.78, 5) is 9.40. The largest absolute Gasteiger partial charge is 0.496 e. The Morgan fingerprint density at radius 3 is 2.54 bits per heavy atom. The standard InChI is InChI=1S/C20H28N4O.ClH/c1-16-6-7-19(25-3)18(13-16)15-21-14-17-5-4-8-22-20(17)24-11-9-23(2)10-12-24;/h4-8,13,21H,9-12,14-15H2,1-3H3;1H. The van der Waals surface area contributed by atoms with E-state index in [-0.39, 0.29) is 12.4 Å². The monoisotopic (exact) mass is 376 g/mol. The van der Waals surface area contributed by atoms with Gasteiger partial charge >= 0.3 is 0 Å². The summed E-state index contributed by atoms with van der Waals surface area (Å²) in [6.45, 7) is 7.93. The van der Waals surface area contributed by atoms with Crippen molar-refractivity contribution in [1.29, 1.82) is 0 Å². The molecule has 0 unspecified atom stereocenters. The molecule has 1 saturated heterocycles.